The molecule has 0 aliphatic rings. The van der Waals surface area contributed by atoms with Crippen molar-refractivity contribution >= 4 is 34.7 Å². The number of rotatable bonds is 2. The second kappa shape index (κ2) is 4.04. The van der Waals surface area contributed by atoms with E-state index in [4.69, 9.17) is 11.6 Å². The first-order chi connectivity index (χ1) is 6.34. The Balaban J connectivity index is 2.19. The number of nitrogens with zero attached hydrogens (tertiary/aromatic N) is 3. The van der Waals surface area contributed by atoms with Crippen molar-refractivity contribution in [3.63, 3.8) is 0 Å². The van der Waals surface area contributed by atoms with Crippen LogP contribution in [0.25, 0.3) is 0 Å². The second-order valence-corrected chi connectivity index (χ2v) is 4.56. The minimum Gasteiger partial charge on any atom is -0.238 e. The predicted octanol–water partition coefficient (Wildman–Crippen LogP) is 2.74. The fourth-order valence-corrected chi connectivity index (χ4v) is 2.45. The summed E-state index contributed by atoms with van der Waals surface area (Å²) in [6.07, 6.45) is 3.39. The van der Waals surface area contributed by atoms with Crippen molar-refractivity contribution < 1.29 is 0 Å². The molecule has 66 valence electrons. The zero-order valence-corrected chi connectivity index (χ0v) is 8.73. The van der Waals surface area contributed by atoms with E-state index in [1.807, 2.05) is 5.38 Å². The highest BCUT2D eigenvalue weighted by Gasteiger charge is 2.01. The van der Waals surface area contributed by atoms with Crippen LogP contribution in [0.3, 0.4) is 0 Å². The third kappa shape index (κ3) is 2.40. The summed E-state index contributed by atoms with van der Waals surface area (Å²) in [5, 5.41) is 3.00. The quantitative estimate of drug-likeness (QED) is 0.586. The van der Waals surface area contributed by atoms with Gasteiger partial charge in [0.05, 0.1) is 0 Å². The van der Waals surface area contributed by atoms with Crippen molar-refractivity contribution in [1.82, 2.24) is 15.0 Å². The number of thiazole rings is 1. The van der Waals surface area contributed by atoms with Crippen LogP contribution < -0.4 is 0 Å². The monoisotopic (exact) mass is 229 g/mol. The van der Waals surface area contributed by atoms with E-state index in [-0.39, 0.29) is 5.28 Å². The SMILES string of the molecule is Clc1nccc(Sc2nccs2)n1. The van der Waals surface area contributed by atoms with Crippen LogP contribution in [-0.4, -0.2) is 15.0 Å². The highest BCUT2D eigenvalue weighted by molar-refractivity contribution is 8.00. The molecular formula is C7H4ClN3S2. The molecular weight excluding hydrogens is 226 g/mol. The molecule has 0 aliphatic heterocycles. The van der Waals surface area contributed by atoms with E-state index in [0.717, 1.165) is 9.37 Å². The van der Waals surface area contributed by atoms with Crippen molar-refractivity contribution in [2.75, 3.05) is 0 Å². The highest BCUT2D eigenvalue weighted by atomic mass is 35.5. The summed E-state index contributed by atoms with van der Waals surface area (Å²) >= 11 is 8.68. The lowest BCUT2D eigenvalue weighted by atomic mass is 10.7. The normalized spacial score (nSPS) is 10.2. The summed E-state index contributed by atoms with van der Waals surface area (Å²) in [6.45, 7) is 0. The van der Waals surface area contributed by atoms with Crippen LogP contribution in [0.1, 0.15) is 0 Å². The molecule has 0 saturated carbocycles. The Morgan fingerprint density at radius 1 is 1.31 bits per heavy atom. The van der Waals surface area contributed by atoms with E-state index >= 15 is 0 Å². The number of halogens is 1. The minimum absolute atomic E-state index is 0.265. The van der Waals surface area contributed by atoms with E-state index < -0.39 is 0 Å². The van der Waals surface area contributed by atoms with Gasteiger partial charge in [-0.2, -0.15) is 0 Å². The summed E-state index contributed by atoms with van der Waals surface area (Å²) in [4.78, 5) is 11.9. The lowest BCUT2D eigenvalue weighted by Crippen LogP contribution is -1.82. The molecule has 0 N–H and O–H groups in total. The molecule has 0 radical (unpaired) electrons. The largest absolute Gasteiger partial charge is 0.238 e. The molecule has 0 spiro atoms. The maximum atomic E-state index is 5.63. The van der Waals surface area contributed by atoms with Crippen LogP contribution in [-0.2, 0) is 0 Å². The van der Waals surface area contributed by atoms with Gasteiger partial charge in [-0.15, -0.1) is 11.3 Å². The van der Waals surface area contributed by atoms with E-state index in [1.165, 1.54) is 11.8 Å². The van der Waals surface area contributed by atoms with Gasteiger partial charge in [-0.1, -0.05) is 0 Å². The lowest BCUT2D eigenvalue weighted by Gasteiger charge is -1.95. The summed E-state index contributed by atoms with van der Waals surface area (Å²) in [5.41, 5.74) is 0. The summed E-state index contributed by atoms with van der Waals surface area (Å²) < 4.78 is 0.953. The summed E-state index contributed by atoms with van der Waals surface area (Å²) in [6, 6.07) is 1.80. The van der Waals surface area contributed by atoms with Crippen molar-refractivity contribution in [2.45, 2.75) is 9.37 Å². The van der Waals surface area contributed by atoms with Crippen LogP contribution in [0.2, 0.25) is 5.28 Å². The summed E-state index contributed by atoms with van der Waals surface area (Å²) in [7, 11) is 0. The van der Waals surface area contributed by atoms with E-state index in [0.29, 0.717) is 0 Å². The van der Waals surface area contributed by atoms with Crippen molar-refractivity contribution in [2.24, 2.45) is 0 Å². The molecule has 6 heteroatoms. The van der Waals surface area contributed by atoms with Crippen molar-refractivity contribution in [3.05, 3.63) is 29.1 Å². The molecule has 0 fully saturated rings. The smallest absolute Gasteiger partial charge is 0.223 e. The van der Waals surface area contributed by atoms with Gasteiger partial charge in [0, 0.05) is 17.8 Å². The van der Waals surface area contributed by atoms with Gasteiger partial charge in [0.2, 0.25) is 5.28 Å². The summed E-state index contributed by atoms with van der Waals surface area (Å²) in [5.74, 6) is 0. The molecule has 2 aromatic heterocycles. The Morgan fingerprint density at radius 3 is 2.92 bits per heavy atom. The zero-order valence-electron chi connectivity index (χ0n) is 6.35. The molecule has 0 saturated heterocycles. The van der Waals surface area contributed by atoms with Crippen LogP contribution in [0.4, 0.5) is 0 Å². The van der Waals surface area contributed by atoms with Crippen molar-refractivity contribution in [1.29, 1.82) is 0 Å². The van der Waals surface area contributed by atoms with Gasteiger partial charge in [0.1, 0.15) is 5.03 Å². The zero-order chi connectivity index (χ0) is 9.10. The Labute approximate surface area is 88.2 Å². The van der Waals surface area contributed by atoms with Gasteiger partial charge in [0.25, 0.3) is 0 Å². The predicted molar refractivity (Wildman–Crippen MR) is 53.3 cm³/mol. The van der Waals surface area contributed by atoms with Gasteiger partial charge in [-0.05, 0) is 29.4 Å². The van der Waals surface area contributed by atoms with Crippen LogP contribution in [0.5, 0.6) is 0 Å². The van der Waals surface area contributed by atoms with E-state index in [1.54, 1.807) is 29.8 Å². The van der Waals surface area contributed by atoms with E-state index in [2.05, 4.69) is 15.0 Å². The average molecular weight is 230 g/mol. The Morgan fingerprint density at radius 2 is 2.23 bits per heavy atom. The van der Waals surface area contributed by atoms with E-state index in [9.17, 15) is 0 Å². The van der Waals surface area contributed by atoms with Crippen LogP contribution in [0, 0.1) is 0 Å². The first kappa shape index (κ1) is 8.93. The van der Waals surface area contributed by atoms with Gasteiger partial charge in [0.15, 0.2) is 4.34 Å². The maximum Gasteiger partial charge on any atom is 0.223 e. The van der Waals surface area contributed by atoms with Gasteiger partial charge in [-0.3, -0.25) is 0 Å². The molecule has 3 nitrogen and oxygen atoms in total. The molecule has 0 atom stereocenters. The number of aromatic nitrogens is 3. The fourth-order valence-electron chi connectivity index (χ4n) is 0.727. The van der Waals surface area contributed by atoms with Crippen LogP contribution in [0.15, 0.2) is 33.2 Å². The molecule has 0 amide bonds. The minimum atomic E-state index is 0.265. The molecule has 0 aromatic carbocycles. The highest BCUT2D eigenvalue weighted by Crippen LogP contribution is 2.27. The maximum absolute atomic E-state index is 5.63. The van der Waals surface area contributed by atoms with Gasteiger partial charge >= 0.3 is 0 Å². The number of hydrogen-bond acceptors (Lipinski definition) is 5. The molecule has 0 bridgehead atoms. The van der Waals surface area contributed by atoms with Crippen LogP contribution >= 0.6 is 34.7 Å². The molecule has 2 aromatic rings. The van der Waals surface area contributed by atoms with Gasteiger partial charge < -0.3 is 0 Å². The number of hydrogen-bond donors (Lipinski definition) is 0. The lowest BCUT2D eigenvalue weighted by molar-refractivity contribution is 1.05. The third-order valence-corrected chi connectivity index (χ3v) is 3.20. The molecule has 13 heavy (non-hydrogen) atoms. The third-order valence-electron chi connectivity index (χ3n) is 1.20. The molecule has 2 heterocycles. The van der Waals surface area contributed by atoms with Gasteiger partial charge in [-0.25, -0.2) is 15.0 Å². The van der Waals surface area contributed by atoms with Crippen molar-refractivity contribution in [3.8, 4) is 0 Å². The topological polar surface area (TPSA) is 38.7 Å². The Kier molecular flexibility index (Phi) is 2.77. The molecule has 0 unspecified atom stereocenters. The molecule has 2 rings (SSSR count). The Hall–Kier alpha value is -0.650. The first-order valence-corrected chi connectivity index (χ1v) is 5.48. The first-order valence-electron chi connectivity index (χ1n) is 3.40. The molecule has 0 aliphatic carbocycles. The fraction of sp³-hybridized carbons (Fsp3) is 0. The average Bonchev–Trinajstić information content (AvgIpc) is 2.57. The standard InChI is InChI=1S/C7H4ClN3S2/c8-6-9-2-1-5(11-6)13-7-10-3-4-12-7/h1-4H. The second-order valence-electron chi connectivity index (χ2n) is 2.06. The Bertz CT molecular complexity index is 390.